The zero-order valence-corrected chi connectivity index (χ0v) is 14.8. The standard InChI is InChI=1S/C19H18N6O2/c1-14-17(22-25(21-14)15-8-3-2-4-9-15)19(27)24-13-7-12-23(24)18(26)16-10-5-6-11-20-16/h2-6,8-11H,7,12-13H2,1H3. The number of benzene rings is 1. The Balaban J connectivity index is 1.61. The smallest absolute Gasteiger partial charge is 0.265 e. The van der Waals surface area contributed by atoms with Crippen molar-refractivity contribution in [3.63, 3.8) is 0 Å². The van der Waals surface area contributed by atoms with E-state index in [1.165, 1.54) is 14.8 Å². The fraction of sp³-hybridized carbons (Fsp3) is 0.211. The highest BCUT2D eigenvalue weighted by Gasteiger charge is 2.34. The highest BCUT2D eigenvalue weighted by atomic mass is 16.2. The molecule has 0 aliphatic carbocycles. The predicted molar refractivity (Wildman–Crippen MR) is 97.0 cm³/mol. The summed E-state index contributed by atoms with van der Waals surface area (Å²) >= 11 is 0. The summed E-state index contributed by atoms with van der Waals surface area (Å²) in [6, 6.07) is 14.5. The molecule has 2 amide bonds. The van der Waals surface area contributed by atoms with Gasteiger partial charge in [0, 0.05) is 19.3 Å². The Hall–Kier alpha value is -3.55. The highest BCUT2D eigenvalue weighted by molar-refractivity contribution is 5.98. The summed E-state index contributed by atoms with van der Waals surface area (Å²) in [6.45, 7) is 2.66. The van der Waals surface area contributed by atoms with Gasteiger partial charge in [-0.2, -0.15) is 9.90 Å². The molecule has 8 nitrogen and oxygen atoms in total. The summed E-state index contributed by atoms with van der Waals surface area (Å²) in [5, 5.41) is 11.6. The monoisotopic (exact) mass is 362 g/mol. The van der Waals surface area contributed by atoms with E-state index in [0.717, 1.165) is 5.69 Å². The number of nitrogens with zero attached hydrogens (tertiary/aromatic N) is 6. The number of amides is 2. The number of hydrogen-bond acceptors (Lipinski definition) is 5. The molecular formula is C19H18N6O2. The molecule has 1 aliphatic rings. The molecule has 0 unspecified atom stereocenters. The molecule has 1 aromatic carbocycles. The molecule has 2 aromatic heterocycles. The van der Waals surface area contributed by atoms with Crippen LogP contribution in [0.4, 0.5) is 0 Å². The number of hydrogen-bond donors (Lipinski definition) is 0. The number of aryl methyl sites for hydroxylation is 1. The lowest BCUT2D eigenvalue weighted by molar-refractivity contribution is 0.0178. The minimum absolute atomic E-state index is 0.236. The fourth-order valence-electron chi connectivity index (χ4n) is 3.03. The van der Waals surface area contributed by atoms with Crippen LogP contribution in [-0.2, 0) is 0 Å². The Morgan fingerprint density at radius 1 is 0.889 bits per heavy atom. The van der Waals surface area contributed by atoms with Crippen LogP contribution >= 0.6 is 0 Å². The maximum Gasteiger partial charge on any atom is 0.294 e. The van der Waals surface area contributed by atoms with Gasteiger partial charge >= 0.3 is 0 Å². The van der Waals surface area contributed by atoms with Gasteiger partial charge in [0.15, 0.2) is 5.69 Å². The lowest BCUT2D eigenvalue weighted by atomic mass is 10.3. The lowest BCUT2D eigenvalue weighted by Crippen LogP contribution is -2.45. The van der Waals surface area contributed by atoms with Gasteiger partial charge in [-0.05, 0) is 37.6 Å². The van der Waals surface area contributed by atoms with Crippen molar-refractivity contribution in [1.82, 2.24) is 30.0 Å². The molecule has 8 heteroatoms. The first-order chi connectivity index (χ1) is 13.1. The maximum atomic E-state index is 13.1. The van der Waals surface area contributed by atoms with Crippen molar-refractivity contribution in [3.05, 3.63) is 71.8 Å². The van der Waals surface area contributed by atoms with Gasteiger partial charge in [-0.25, -0.2) is 10.0 Å². The molecule has 136 valence electrons. The van der Waals surface area contributed by atoms with Gasteiger partial charge in [-0.3, -0.25) is 14.6 Å². The Bertz CT molecular complexity index is 970. The molecule has 1 aliphatic heterocycles. The van der Waals surface area contributed by atoms with E-state index in [1.54, 1.807) is 31.3 Å². The number of hydrazine groups is 1. The number of pyridine rings is 1. The summed E-state index contributed by atoms with van der Waals surface area (Å²) in [4.78, 5) is 31.3. The normalized spacial score (nSPS) is 13.8. The average Bonchev–Trinajstić information content (AvgIpc) is 3.35. The van der Waals surface area contributed by atoms with Crippen molar-refractivity contribution in [2.75, 3.05) is 13.1 Å². The maximum absolute atomic E-state index is 13.1. The van der Waals surface area contributed by atoms with Crippen molar-refractivity contribution in [2.45, 2.75) is 13.3 Å². The zero-order chi connectivity index (χ0) is 18.8. The Kier molecular flexibility index (Phi) is 4.37. The molecule has 3 heterocycles. The third-order valence-electron chi connectivity index (χ3n) is 4.36. The third kappa shape index (κ3) is 3.17. The van der Waals surface area contributed by atoms with Crippen molar-refractivity contribution < 1.29 is 9.59 Å². The molecule has 1 fully saturated rings. The largest absolute Gasteiger partial charge is 0.294 e. The first-order valence-electron chi connectivity index (χ1n) is 8.69. The molecular weight excluding hydrogens is 344 g/mol. The topological polar surface area (TPSA) is 84.2 Å². The predicted octanol–water partition coefficient (Wildman–Crippen LogP) is 1.87. The number of rotatable bonds is 3. The summed E-state index contributed by atoms with van der Waals surface area (Å²) in [5.74, 6) is -0.633. The van der Waals surface area contributed by atoms with Crippen LogP contribution < -0.4 is 0 Å². The molecule has 0 saturated carbocycles. The van der Waals surface area contributed by atoms with Crippen LogP contribution in [0, 0.1) is 6.92 Å². The quantitative estimate of drug-likeness (QED) is 0.710. The van der Waals surface area contributed by atoms with E-state index in [1.807, 2.05) is 30.3 Å². The number of para-hydroxylation sites is 1. The van der Waals surface area contributed by atoms with Crippen LogP contribution in [0.25, 0.3) is 5.69 Å². The first-order valence-corrected chi connectivity index (χ1v) is 8.69. The lowest BCUT2D eigenvalue weighted by Gasteiger charge is -2.26. The second-order valence-corrected chi connectivity index (χ2v) is 6.18. The van der Waals surface area contributed by atoms with Crippen LogP contribution in [0.5, 0.6) is 0 Å². The van der Waals surface area contributed by atoms with Crippen molar-refractivity contribution in [2.24, 2.45) is 0 Å². The van der Waals surface area contributed by atoms with E-state index in [0.29, 0.717) is 30.9 Å². The second-order valence-electron chi connectivity index (χ2n) is 6.18. The summed E-state index contributed by atoms with van der Waals surface area (Å²) in [6.07, 6.45) is 2.27. The van der Waals surface area contributed by atoms with Gasteiger partial charge in [0.1, 0.15) is 5.69 Å². The highest BCUT2D eigenvalue weighted by Crippen LogP contribution is 2.18. The summed E-state index contributed by atoms with van der Waals surface area (Å²) < 4.78 is 0. The van der Waals surface area contributed by atoms with Gasteiger partial charge in [-0.15, -0.1) is 5.10 Å². The third-order valence-corrected chi connectivity index (χ3v) is 4.36. The molecule has 0 atom stereocenters. The van der Waals surface area contributed by atoms with Crippen LogP contribution in [0.1, 0.15) is 33.1 Å². The summed E-state index contributed by atoms with van der Waals surface area (Å²) in [5.41, 5.74) is 1.82. The fourth-order valence-corrected chi connectivity index (χ4v) is 3.03. The Labute approximate surface area is 156 Å². The zero-order valence-electron chi connectivity index (χ0n) is 14.8. The minimum Gasteiger partial charge on any atom is -0.265 e. The first kappa shape index (κ1) is 16.9. The van der Waals surface area contributed by atoms with Crippen molar-refractivity contribution >= 4 is 11.8 Å². The van der Waals surface area contributed by atoms with Crippen LogP contribution in [0.15, 0.2) is 54.7 Å². The van der Waals surface area contributed by atoms with E-state index in [9.17, 15) is 9.59 Å². The van der Waals surface area contributed by atoms with Gasteiger partial charge in [0.05, 0.1) is 11.4 Å². The minimum atomic E-state index is -0.337. The Morgan fingerprint density at radius 2 is 1.59 bits per heavy atom. The second kappa shape index (κ2) is 6.99. The van der Waals surface area contributed by atoms with Crippen molar-refractivity contribution in [1.29, 1.82) is 0 Å². The van der Waals surface area contributed by atoms with Gasteiger partial charge in [0.2, 0.25) is 0 Å². The van der Waals surface area contributed by atoms with E-state index in [4.69, 9.17) is 0 Å². The molecule has 0 N–H and O–H groups in total. The van der Waals surface area contributed by atoms with Crippen LogP contribution in [0.2, 0.25) is 0 Å². The summed E-state index contributed by atoms with van der Waals surface area (Å²) in [7, 11) is 0. The molecule has 0 radical (unpaired) electrons. The van der Waals surface area contributed by atoms with E-state index in [2.05, 4.69) is 15.2 Å². The number of aromatic nitrogens is 4. The van der Waals surface area contributed by atoms with E-state index in [-0.39, 0.29) is 17.5 Å². The molecule has 0 spiro atoms. The molecule has 27 heavy (non-hydrogen) atoms. The molecule has 1 saturated heterocycles. The van der Waals surface area contributed by atoms with E-state index >= 15 is 0 Å². The number of carbonyl (C=O) groups is 2. The molecule has 0 bridgehead atoms. The average molecular weight is 362 g/mol. The Morgan fingerprint density at radius 3 is 2.30 bits per heavy atom. The van der Waals surface area contributed by atoms with Crippen molar-refractivity contribution in [3.8, 4) is 5.69 Å². The van der Waals surface area contributed by atoms with Gasteiger partial charge < -0.3 is 0 Å². The SMILES string of the molecule is Cc1nn(-c2ccccc2)nc1C(=O)N1CCCN1C(=O)c1ccccn1. The number of carbonyl (C=O) groups excluding carboxylic acids is 2. The van der Waals surface area contributed by atoms with Crippen LogP contribution in [-0.4, -0.2) is 54.9 Å². The van der Waals surface area contributed by atoms with Gasteiger partial charge in [-0.1, -0.05) is 24.3 Å². The van der Waals surface area contributed by atoms with Crippen LogP contribution in [0.3, 0.4) is 0 Å². The molecule has 3 aromatic rings. The molecule has 4 rings (SSSR count). The van der Waals surface area contributed by atoms with E-state index < -0.39 is 0 Å². The van der Waals surface area contributed by atoms with Gasteiger partial charge in [0.25, 0.3) is 11.8 Å².